The van der Waals surface area contributed by atoms with Crippen LogP contribution in [0.4, 0.5) is 0 Å². The first kappa shape index (κ1) is 13.3. The van der Waals surface area contributed by atoms with E-state index in [9.17, 15) is 0 Å². The Morgan fingerprint density at radius 1 is 1.29 bits per heavy atom. The lowest BCUT2D eigenvalue weighted by Crippen LogP contribution is -2.47. The molecule has 21 heavy (non-hydrogen) atoms. The molecular weight excluding hydrogens is 260 g/mol. The molecule has 2 fully saturated rings. The van der Waals surface area contributed by atoms with Crippen LogP contribution in [0.3, 0.4) is 0 Å². The molecule has 0 bridgehead atoms. The number of hydrogen-bond acceptors (Lipinski definition) is 3. The Kier molecular flexibility index (Phi) is 3.45. The zero-order chi connectivity index (χ0) is 14.2. The van der Waals surface area contributed by atoms with Crippen LogP contribution in [-0.2, 0) is 6.54 Å². The van der Waals surface area contributed by atoms with Crippen molar-refractivity contribution in [2.75, 3.05) is 13.1 Å². The van der Waals surface area contributed by atoms with E-state index in [-0.39, 0.29) is 0 Å². The Bertz CT molecular complexity index is 620. The maximum atomic E-state index is 3.49. The molecule has 0 aliphatic carbocycles. The summed E-state index contributed by atoms with van der Waals surface area (Å²) in [6.07, 6.45) is 4.65. The van der Waals surface area contributed by atoms with Gasteiger partial charge in [0, 0.05) is 36.9 Å². The molecule has 0 spiro atoms. The molecule has 2 aliphatic rings. The normalized spacial score (nSPS) is 30.4. The van der Waals surface area contributed by atoms with Gasteiger partial charge < -0.3 is 4.98 Å². The molecule has 2 aliphatic heterocycles. The van der Waals surface area contributed by atoms with Gasteiger partial charge in [0.25, 0.3) is 0 Å². The predicted molar refractivity (Wildman–Crippen MR) is 85.8 cm³/mol. The van der Waals surface area contributed by atoms with Gasteiger partial charge in [-0.2, -0.15) is 0 Å². The summed E-state index contributed by atoms with van der Waals surface area (Å²) < 4.78 is 0. The van der Waals surface area contributed by atoms with Gasteiger partial charge in [-0.05, 0) is 54.5 Å². The smallest absolute Gasteiger partial charge is 0.0454 e. The molecule has 2 aromatic rings. The molecule has 3 unspecified atom stereocenters. The van der Waals surface area contributed by atoms with E-state index in [0.717, 1.165) is 13.1 Å². The van der Waals surface area contributed by atoms with Crippen molar-refractivity contribution >= 4 is 10.9 Å². The van der Waals surface area contributed by atoms with Crippen molar-refractivity contribution in [1.29, 1.82) is 0 Å². The molecule has 1 aromatic heterocycles. The number of H-pyrrole nitrogens is 1. The van der Waals surface area contributed by atoms with Crippen LogP contribution in [0.25, 0.3) is 10.9 Å². The van der Waals surface area contributed by atoms with Gasteiger partial charge in [0.1, 0.15) is 0 Å². The van der Waals surface area contributed by atoms with E-state index in [1.54, 1.807) is 0 Å². The summed E-state index contributed by atoms with van der Waals surface area (Å²) in [5.74, 6) is 0.711. The van der Waals surface area contributed by atoms with Crippen molar-refractivity contribution in [3.63, 3.8) is 0 Å². The third-order valence-electron chi connectivity index (χ3n) is 5.14. The van der Waals surface area contributed by atoms with Crippen molar-refractivity contribution < 1.29 is 0 Å². The highest BCUT2D eigenvalue weighted by Gasteiger charge is 2.36. The maximum Gasteiger partial charge on any atom is 0.0454 e. The average Bonchev–Trinajstić information content (AvgIpc) is 3.18. The van der Waals surface area contributed by atoms with E-state index in [2.05, 4.69) is 51.9 Å². The molecule has 3 N–H and O–H groups in total. The summed E-state index contributed by atoms with van der Waals surface area (Å²) in [4.78, 5) is 5.93. The molecule has 0 radical (unpaired) electrons. The predicted octanol–water partition coefficient (Wildman–Crippen LogP) is 2.24. The Morgan fingerprint density at radius 2 is 2.24 bits per heavy atom. The monoisotopic (exact) mass is 284 g/mol. The van der Waals surface area contributed by atoms with Crippen LogP contribution < -0.4 is 10.9 Å². The Hall–Kier alpha value is -1.36. The van der Waals surface area contributed by atoms with Gasteiger partial charge in [0.05, 0.1) is 0 Å². The van der Waals surface area contributed by atoms with Gasteiger partial charge in [-0.3, -0.25) is 15.8 Å². The summed E-state index contributed by atoms with van der Waals surface area (Å²) in [6, 6.07) is 10.2. The van der Waals surface area contributed by atoms with E-state index in [4.69, 9.17) is 0 Å². The standard InChI is InChI=1S/C17H24N4/c1-12-10-19-20-17(12)16-3-2-8-21(16)11-13-4-5-15-14(9-13)6-7-18-15/h4-7,9,12,16-20H,2-3,8,10-11H2,1H3. The highest BCUT2D eigenvalue weighted by Crippen LogP contribution is 2.27. The minimum Gasteiger partial charge on any atom is -0.361 e. The molecule has 2 saturated heterocycles. The summed E-state index contributed by atoms with van der Waals surface area (Å²) in [5, 5.41) is 1.32. The van der Waals surface area contributed by atoms with Crippen LogP contribution in [0.15, 0.2) is 30.5 Å². The maximum absolute atomic E-state index is 3.49. The van der Waals surface area contributed by atoms with Crippen molar-refractivity contribution in [2.45, 2.75) is 38.4 Å². The molecule has 4 nitrogen and oxygen atoms in total. The quantitative estimate of drug-likeness (QED) is 0.810. The van der Waals surface area contributed by atoms with Gasteiger partial charge >= 0.3 is 0 Å². The number of benzene rings is 1. The SMILES string of the molecule is CC1CNNC1C1CCCN1Cc1ccc2[nH]ccc2c1. The number of likely N-dealkylation sites (tertiary alicyclic amines) is 1. The molecule has 0 saturated carbocycles. The third-order valence-corrected chi connectivity index (χ3v) is 5.14. The zero-order valence-electron chi connectivity index (χ0n) is 12.6. The lowest BCUT2D eigenvalue weighted by atomic mass is 9.95. The van der Waals surface area contributed by atoms with Crippen LogP contribution in [0.5, 0.6) is 0 Å². The number of aromatic nitrogens is 1. The topological polar surface area (TPSA) is 43.1 Å². The fourth-order valence-corrected chi connectivity index (χ4v) is 3.97. The van der Waals surface area contributed by atoms with Crippen LogP contribution in [0, 0.1) is 5.92 Å². The second-order valence-corrected chi connectivity index (χ2v) is 6.61. The molecule has 0 amide bonds. The van der Waals surface area contributed by atoms with Gasteiger partial charge in [-0.15, -0.1) is 0 Å². The Morgan fingerprint density at radius 3 is 3.10 bits per heavy atom. The van der Waals surface area contributed by atoms with Gasteiger partial charge in [-0.25, -0.2) is 0 Å². The Balaban J connectivity index is 1.52. The summed E-state index contributed by atoms with van der Waals surface area (Å²) in [5.41, 5.74) is 9.47. The fraction of sp³-hybridized carbons (Fsp3) is 0.529. The summed E-state index contributed by atoms with van der Waals surface area (Å²) in [7, 11) is 0. The van der Waals surface area contributed by atoms with E-state index in [1.807, 2.05) is 6.20 Å². The minimum absolute atomic E-state index is 0.587. The molecule has 1 aromatic carbocycles. The third kappa shape index (κ3) is 2.48. The first-order chi connectivity index (χ1) is 10.3. The number of rotatable bonds is 3. The lowest BCUT2D eigenvalue weighted by Gasteiger charge is -2.31. The van der Waals surface area contributed by atoms with E-state index >= 15 is 0 Å². The van der Waals surface area contributed by atoms with Crippen LogP contribution in [0.1, 0.15) is 25.3 Å². The molecule has 4 heteroatoms. The molecule has 3 atom stereocenters. The highest BCUT2D eigenvalue weighted by molar-refractivity contribution is 5.79. The fourth-order valence-electron chi connectivity index (χ4n) is 3.97. The largest absolute Gasteiger partial charge is 0.361 e. The number of aromatic amines is 1. The van der Waals surface area contributed by atoms with E-state index < -0.39 is 0 Å². The highest BCUT2D eigenvalue weighted by atomic mass is 15.4. The van der Waals surface area contributed by atoms with Gasteiger partial charge in [-0.1, -0.05) is 13.0 Å². The minimum atomic E-state index is 0.587. The molecule has 4 rings (SSSR count). The summed E-state index contributed by atoms with van der Waals surface area (Å²) >= 11 is 0. The van der Waals surface area contributed by atoms with Gasteiger partial charge in [0.2, 0.25) is 0 Å². The number of nitrogens with one attached hydrogen (secondary N) is 3. The van der Waals surface area contributed by atoms with Crippen molar-refractivity contribution in [3.05, 3.63) is 36.0 Å². The number of hydrazine groups is 1. The van der Waals surface area contributed by atoms with Crippen molar-refractivity contribution in [3.8, 4) is 0 Å². The number of hydrogen-bond donors (Lipinski definition) is 3. The van der Waals surface area contributed by atoms with E-state index in [0.29, 0.717) is 18.0 Å². The van der Waals surface area contributed by atoms with Crippen LogP contribution in [0.2, 0.25) is 0 Å². The number of nitrogens with zero attached hydrogens (tertiary/aromatic N) is 1. The van der Waals surface area contributed by atoms with Crippen molar-refractivity contribution in [2.24, 2.45) is 5.92 Å². The van der Waals surface area contributed by atoms with Crippen LogP contribution in [-0.4, -0.2) is 35.1 Å². The lowest BCUT2D eigenvalue weighted by molar-refractivity contribution is 0.187. The van der Waals surface area contributed by atoms with Crippen LogP contribution >= 0.6 is 0 Å². The first-order valence-corrected chi connectivity index (χ1v) is 8.10. The average molecular weight is 284 g/mol. The van der Waals surface area contributed by atoms with Crippen molar-refractivity contribution in [1.82, 2.24) is 20.7 Å². The van der Waals surface area contributed by atoms with E-state index in [1.165, 1.54) is 35.9 Å². The van der Waals surface area contributed by atoms with Gasteiger partial charge in [0.15, 0.2) is 0 Å². The Labute approximate surface area is 125 Å². The second-order valence-electron chi connectivity index (χ2n) is 6.61. The molecule has 112 valence electrons. The molecule has 3 heterocycles. The zero-order valence-corrected chi connectivity index (χ0v) is 12.6. The first-order valence-electron chi connectivity index (χ1n) is 8.10. The summed E-state index contributed by atoms with van der Waals surface area (Å²) in [6.45, 7) is 5.72. The second kappa shape index (κ2) is 5.44. The number of fused-ring (bicyclic) bond motifs is 1. The molecular formula is C17H24N4.